The number of rotatable bonds is 6. The van der Waals surface area contributed by atoms with Crippen LogP contribution in [-0.4, -0.2) is 51.6 Å². The fraction of sp³-hybridized carbons (Fsp3) is 0.346. The molecule has 0 spiro atoms. The number of H-pyrrole nitrogens is 1. The summed E-state index contributed by atoms with van der Waals surface area (Å²) in [6, 6.07) is 12.1. The lowest BCUT2D eigenvalue weighted by Gasteiger charge is -2.31. The lowest BCUT2D eigenvalue weighted by atomic mass is 9.96. The highest BCUT2D eigenvalue weighted by Gasteiger charge is 2.23. The predicted molar refractivity (Wildman–Crippen MR) is 127 cm³/mol. The molecule has 33 heavy (non-hydrogen) atoms. The number of nitrogens with one attached hydrogen (secondary N) is 1. The van der Waals surface area contributed by atoms with Crippen molar-refractivity contribution in [2.24, 2.45) is 0 Å². The van der Waals surface area contributed by atoms with Gasteiger partial charge in [-0.15, -0.1) is 0 Å². The molecule has 0 saturated carbocycles. The molecule has 1 saturated heterocycles. The van der Waals surface area contributed by atoms with Gasteiger partial charge in [0.15, 0.2) is 0 Å². The summed E-state index contributed by atoms with van der Waals surface area (Å²) in [4.78, 5) is 19.2. The van der Waals surface area contributed by atoms with E-state index >= 15 is 0 Å². The summed E-state index contributed by atoms with van der Waals surface area (Å²) in [5, 5.41) is 0. The summed E-state index contributed by atoms with van der Waals surface area (Å²) in [7, 11) is 1.56. The van der Waals surface area contributed by atoms with Crippen LogP contribution < -0.4 is 4.74 Å². The van der Waals surface area contributed by atoms with E-state index in [0.717, 1.165) is 49.6 Å². The zero-order chi connectivity index (χ0) is 22.8. The highest BCUT2D eigenvalue weighted by molar-refractivity contribution is 5.78. The molecule has 7 heteroatoms. The molecule has 0 unspecified atom stereocenters. The first-order chi connectivity index (χ1) is 16.1. The molecule has 170 valence electrons. The number of likely N-dealkylation sites (tertiary alicyclic amines) is 1. The standard InChI is InChI=1S/C26H28FN5O/c1-17-3-5-18(6-4-17)23-16-29-26(30-23)19-9-12-32(13-10-19)14-11-20-21(27)15-28-22-7-8-24(33-2)31-25(20)22/h3-8,15-16,19H,9-14H2,1-2H3,(H,29,30). The molecule has 0 bridgehead atoms. The van der Waals surface area contributed by atoms with Crippen LogP contribution in [0.4, 0.5) is 4.39 Å². The number of hydrogen-bond donors (Lipinski definition) is 1. The number of aryl methyl sites for hydroxylation is 1. The van der Waals surface area contributed by atoms with Crippen LogP contribution in [-0.2, 0) is 6.42 Å². The fourth-order valence-electron chi connectivity index (χ4n) is 4.55. The van der Waals surface area contributed by atoms with E-state index in [4.69, 9.17) is 4.74 Å². The van der Waals surface area contributed by atoms with E-state index in [-0.39, 0.29) is 5.82 Å². The average molecular weight is 446 g/mol. The maximum atomic E-state index is 14.6. The van der Waals surface area contributed by atoms with Crippen molar-refractivity contribution >= 4 is 11.0 Å². The molecule has 6 nitrogen and oxygen atoms in total. The van der Waals surface area contributed by atoms with Gasteiger partial charge in [0.05, 0.1) is 36.2 Å². The van der Waals surface area contributed by atoms with Crippen molar-refractivity contribution < 1.29 is 9.13 Å². The van der Waals surface area contributed by atoms with Crippen molar-refractivity contribution in [3.63, 3.8) is 0 Å². The number of pyridine rings is 2. The topological polar surface area (TPSA) is 66.9 Å². The Bertz CT molecular complexity index is 1250. The van der Waals surface area contributed by atoms with Gasteiger partial charge in [0.2, 0.25) is 5.88 Å². The van der Waals surface area contributed by atoms with Crippen LogP contribution in [0.5, 0.6) is 5.88 Å². The number of imidazole rings is 1. The average Bonchev–Trinajstić information content (AvgIpc) is 3.34. The van der Waals surface area contributed by atoms with Crippen molar-refractivity contribution in [1.82, 2.24) is 24.8 Å². The van der Waals surface area contributed by atoms with Gasteiger partial charge < -0.3 is 14.6 Å². The van der Waals surface area contributed by atoms with E-state index in [1.54, 1.807) is 13.2 Å². The van der Waals surface area contributed by atoms with Gasteiger partial charge in [0, 0.05) is 24.1 Å². The second-order valence-corrected chi connectivity index (χ2v) is 8.72. The van der Waals surface area contributed by atoms with Gasteiger partial charge in [-0.2, -0.15) is 0 Å². The Morgan fingerprint density at radius 1 is 1.06 bits per heavy atom. The summed E-state index contributed by atoms with van der Waals surface area (Å²) < 4.78 is 19.8. The van der Waals surface area contributed by atoms with Crippen LogP contribution in [0.25, 0.3) is 22.3 Å². The number of ether oxygens (including phenoxy) is 1. The first-order valence-corrected chi connectivity index (χ1v) is 11.4. The van der Waals surface area contributed by atoms with Crippen LogP contribution in [0.3, 0.4) is 0 Å². The molecule has 1 aliphatic heterocycles. The molecule has 0 aliphatic carbocycles. The van der Waals surface area contributed by atoms with E-state index in [0.29, 0.717) is 34.8 Å². The molecule has 0 radical (unpaired) electrons. The third-order valence-corrected chi connectivity index (χ3v) is 6.56. The highest BCUT2D eigenvalue weighted by Crippen LogP contribution is 2.29. The van der Waals surface area contributed by atoms with Crippen molar-refractivity contribution in [3.8, 4) is 17.1 Å². The second kappa shape index (κ2) is 9.27. The minimum atomic E-state index is -0.308. The van der Waals surface area contributed by atoms with Gasteiger partial charge in [-0.05, 0) is 50.9 Å². The molecule has 0 amide bonds. The van der Waals surface area contributed by atoms with E-state index < -0.39 is 0 Å². The maximum absolute atomic E-state index is 14.6. The Morgan fingerprint density at radius 3 is 2.61 bits per heavy atom. The minimum absolute atomic E-state index is 0.308. The largest absolute Gasteiger partial charge is 0.481 e. The summed E-state index contributed by atoms with van der Waals surface area (Å²) in [5.41, 5.74) is 5.36. The molecular weight excluding hydrogens is 417 g/mol. The monoisotopic (exact) mass is 445 g/mol. The molecule has 4 heterocycles. The number of benzene rings is 1. The first kappa shape index (κ1) is 21.5. The number of hydrogen-bond acceptors (Lipinski definition) is 5. The number of aromatic amines is 1. The summed E-state index contributed by atoms with van der Waals surface area (Å²) in [6.45, 7) is 4.81. The van der Waals surface area contributed by atoms with Crippen LogP contribution in [0.1, 0.15) is 35.7 Å². The Balaban J connectivity index is 1.21. The number of fused-ring (bicyclic) bond motifs is 1. The van der Waals surface area contributed by atoms with Crippen molar-refractivity contribution in [2.75, 3.05) is 26.7 Å². The van der Waals surface area contributed by atoms with E-state index in [2.05, 4.69) is 56.0 Å². The molecule has 3 aromatic heterocycles. The Morgan fingerprint density at radius 2 is 1.85 bits per heavy atom. The van der Waals surface area contributed by atoms with Gasteiger partial charge in [-0.25, -0.2) is 14.4 Å². The van der Waals surface area contributed by atoms with E-state index in [1.165, 1.54) is 11.8 Å². The van der Waals surface area contributed by atoms with Gasteiger partial charge in [0.25, 0.3) is 0 Å². The first-order valence-electron chi connectivity index (χ1n) is 11.4. The third-order valence-electron chi connectivity index (χ3n) is 6.56. The SMILES string of the molecule is COc1ccc2ncc(F)c(CCN3CCC(c4ncc(-c5ccc(C)cc5)[nH]4)CC3)c2n1. The van der Waals surface area contributed by atoms with Crippen LogP contribution in [0, 0.1) is 12.7 Å². The molecule has 5 rings (SSSR count). The quantitative estimate of drug-likeness (QED) is 0.457. The summed E-state index contributed by atoms with van der Waals surface area (Å²) in [6.07, 6.45) is 5.89. The molecule has 0 atom stereocenters. The molecule has 4 aromatic rings. The number of halogens is 1. The van der Waals surface area contributed by atoms with Gasteiger partial charge in [0.1, 0.15) is 11.6 Å². The number of piperidine rings is 1. The number of methoxy groups -OCH3 is 1. The second-order valence-electron chi connectivity index (χ2n) is 8.72. The molecule has 1 N–H and O–H groups in total. The number of nitrogens with zero attached hydrogens (tertiary/aromatic N) is 4. The predicted octanol–water partition coefficient (Wildman–Crippen LogP) is 4.90. The van der Waals surface area contributed by atoms with Gasteiger partial charge in [-0.3, -0.25) is 4.98 Å². The van der Waals surface area contributed by atoms with Gasteiger partial charge >= 0.3 is 0 Å². The normalized spacial score (nSPS) is 15.2. The smallest absolute Gasteiger partial charge is 0.213 e. The zero-order valence-corrected chi connectivity index (χ0v) is 19.0. The Kier molecular flexibility index (Phi) is 6.05. The van der Waals surface area contributed by atoms with E-state index in [1.807, 2.05) is 12.3 Å². The molecule has 1 aromatic carbocycles. The van der Waals surface area contributed by atoms with Gasteiger partial charge in [-0.1, -0.05) is 29.8 Å². The van der Waals surface area contributed by atoms with Crippen molar-refractivity contribution in [2.45, 2.75) is 32.1 Å². The zero-order valence-electron chi connectivity index (χ0n) is 19.0. The summed E-state index contributed by atoms with van der Waals surface area (Å²) in [5.74, 6) is 1.65. The van der Waals surface area contributed by atoms with E-state index in [9.17, 15) is 4.39 Å². The Labute approximate surface area is 192 Å². The molecular formula is C26H28FN5O. The van der Waals surface area contributed by atoms with Crippen LogP contribution >= 0.6 is 0 Å². The molecule has 1 fully saturated rings. The lowest BCUT2D eigenvalue weighted by molar-refractivity contribution is 0.211. The minimum Gasteiger partial charge on any atom is -0.481 e. The van der Waals surface area contributed by atoms with Crippen LogP contribution in [0.15, 0.2) is 48.8 Å². The van der Waals surface area contributed by atoms with Crippen molar-refractivity contribution in [1.29, 1.82) is 0 Å². The van der Waals surface area contributed by atoms with Crippen LogP contribution in [0.2, 0.25) is 0 Å². The van der Waals surface area contributed by atoms with Crippen molar-refractivity contribution in [3.05, 3.63) is 71.6 Å². The summed E-state index contributed by atoms with van der Waals surface area (Å²) >= 11 is 0. The molecule has 1 aliphatic rings. The fourth-order valence-corrected chi connectivity index (χ4v) is 4.55. The number of aromatic nitrogens is 4. The maximum Gasteiger partial charge on any atom is 0.213 e. The highest BCUT2D eigenvalue weighted by atomic mass is 19.1. The lowest BCUT2D eigenvalue weighted by Crippen LogP contribution is -2.34. The Hall–Kier alpha value is -3.32. The third kappa shape index (κ3) is 4.59.